The fourth-order valence-electron chi connectivity index (χ4n) is 2.61. The van der Waals surface area contributed by atoms with Crippen LogP contribution in [-0.4, -0.2) is 47.3 Å². The van der Waals surface area contributed by atoms with E-state index in [4.69, 9.17) is 23.8 Å². The number of hydrogen-bond donors (Lipinski definition) is 1. The Hall–Kier alpha value is -1.68. The number of thiocarbonyl (C=S) groups is 1. The Balaban J connectivity index is 1.71. The van der Waals surface area contributed by atoms with E-state index in [9.17, 15) is 18.0 Å². The molecule has 142 valence electrons. The Bertz CT molecular complexity index is 970. The van der Waals surface area contributed by atoms with Crippen LogP contribution in [0.1, 0.15) is 12.5 Å². The number of carbonyl (C=O) groups excluding carboxylic acids is 2. The van der Waals surface area contributed by atoms with Gasteiger partial charge in [0.1, 0.15) is 10.4 Å². The van der Waals surface area contributed by atoms with E-state index in [0.29, 0.717) is 9.93 Å². The lowest BCUT2D eigenvalue weighted by Crippen LogP contribution is -2.49. The van der Waals surface area contributed by atoms with Gasteiger partial charge in [-0.15, -0.1) is 0 Å². The highest BCUT2D eigenvalue weighted by atomic mass is 35.5. The molecule has 0 radical (unpaired) electrons. The fourth-order valence-corrected chi connectivity index (χ4v) is 5.39. The minimum absolute atomic E-state index is 0.180. The smallest absolute Gasteiger partial charge is 0.266 e. The first-order valence-corrected chi connectivity index (χ1v) is 11.2. The van der Waals surface area contributed by atoms with Crippen LogP contribution in [0.4, 0.5) is 0 Å². The average Bonchev–Trinajstić information content (AvgIpc) is 3.07. The quantitative estimate of drug-likeness (QED) is 0.569. The van der Waals surface area contributed by atoms with Crippen molar-refractivity contribution in [3.05, 3.63) is 51.2 Å². The number of carbonyl (C=O) groups is 2. The van der Waals surface area contributed by atoms with Crippen LogP contribution in [-0.2, 0) is 19.4 Å². The molecule has 1 aromatic carbocycles. The van der Waals surface area contributed by atoms with Crippen molar-refractivity contribution < 1.29 is 18.0 Å². The molecule has 0 spiro atoms. The maximum atomic E-state index is 12.7. The van der Waals surface area contributed by atoms with Gasteiger partial charge in [0.25, 0.3) is 5.91 Å². The molecule has 27 heavy (non-hydrogen) atoms. The van der Waals surface area contributed by atoms with Crippen LogP contribution in [0.25, 0.3) is 6.08 Å². The number of halogens is 1. The summed E-state index contributed by atoms with van der Waals surface area (Å²) in [6, 6.07) is 5.52. The molecule has 2 heterocycles. The van der Waals surface area contributed by atoms with Crippen molar-refractivity contribution in [1.29, 1.82) is 0 Å². The Kier molecular flexibility index (Phi) is 5.76. The van der Waals surface area contributed by atoms with E-state index >= 15 is 0 Å². The fraction of sp³-hybridized carbons (Fsp3) is 0.235. The molecule has 0 aliphatic carbocycles. The molecule has 1 aromatic rings. The molecule has 6 nitrogen and oxygen atoms in total. The highest BCUT2D eigenvalue weighted by Gasteiger charge is 2.39. The van der Waals surface area contributed by atoms with Crippen LogP contribution >= 0.6 is 35.6 Å². The van der Waals surface area contributed by atoms with Crippen molar-refractivity contribution in [2.45, 2.75) is 19.0 Å². The molecule has 0 unspecified atom stereocenters. The summed E-state index contributed by atoms with van der Waals surface area (Å²) in [7, 11) is -3.28. The Labute approximate surface area is 171 Å². The Morgan fingerprint density at radius 2 is 2.07 bits per heavy atom. The second-order valence-electron chi connectivity index (χ2n) is 6.05. The number of benzene rings is 1. The standard InChI is InChI=1S/C17H15ClN2O4S3/c1-10(15(21)19-13-6-7-27(23,24)9-13)20-16(22)14(26-17(20)25)8-11-2-4-12(18)5-3-11/h2-8,10,13H,9H2,1H3,(H,19,21)/b14-8+/t10-,13+/m0/s1. The first kappa shape index (κ1) is 20.1. The van der Waals surface area contributed by atoms with Gasteiger partial charge in [-0.25, -0.2) is 8.42 Å². The molecule has 2 aliphatic rings. The second kappa shape index (κ2) is 7.75. The summed E-state index contributed by atoms with van der Waals surface area (Å²) in [5.41, 5.74) is 0.790. The largest absolute Gasteiger partial charge is 0.347 e. The minimum atomic E-state index is -3.28. The molecule has 0 saturated carbocycles. The van der Waals surface area contributed by atoms with Gasteiger partial charge >= 0.3 is 0 Å². The van der Waals surface area contributed by atoms with Crippen molar-refractivity contribution >= 4 is 67.6 Å². The molecule has 2 atom stereocenters. The highest BCUT2D eigenvalue weighted by Crippen LogP contribution is 2.34. The number of rotatable bonds is 4. The maximum Gasteiger partial charge on any atom is 0.266 e. The average molecular weight is 443 g/mol. The zero-order valence-corrected chi connectivity index (χ0v) is 17.3. The predicted molar refractivity (Wildman–Crippen MR) is 111 cm³/mol. The van der Waals surface area contributed by atoms with Gasteiger partial charge in [0, 0.05) is 10.4 Å². The van der Waals surface area contributed by atoms with Gasteiger partial charge in [-0.3, -0.25) is 14.5 Å². The summed E-state index contributed by atoms with van der Waals surface area (Å²) in [5.74, 6) is -1.01. The lowest BCUT2D eigenvalue weighted by Gasteiger charge is -2.23. The zero-order chi connectivity index (χ0) is 19.8. The lowest BCUT2D eigenvalue weighted by atomic mass is 10.2. The summed E-state index contributed by atoms with van der Waals surface area (Å²) in [5, 5.41) is 4.29. The van der Waals surface area contributed by atoms with E-state index in [-0.39, 0.29) is 16.0 Å². The van der Waals surface area contributed by atoms with E-state index in [2.05, 4.69) is 5.32 Å². The molecule has 0 aromatic heterocycles. The van der Waals surface area contributed by atoms with Crippen molar-refractivity contribution in [3.63, 3.8) is 0 Å². The first-order chi connectivity index (χ1) is 12.7. The van der Waals surface area contributed by atoms with Crippen molar-refractivity contribution in [1.82, 2.24) is 10.2 Å². The van der Waals surface area contributed by atoms with E-state index in [1.807, 2.05) is 0 Å². The first-order valence-electron chi connectivity index (χ1n) is 7.90. The SMILES string of the molecule is C[C@@H](C(=O)N[C@@H]1C=CS(=O)(=O)C1)N1C(=O)/C(=C\c2ccc(Cl)cc2)SC1=S. The van der Waals surface area contributed by atoms with Crippen LogP contribution in [0.5, 0.6) is 0 Å². The van der Waals surface area contributed by atoms with E-state index < -0.39 is 27.8 Å². The monoisotopic (exact) mass is 442 g/mol. The van der Waals surface area contributed by atoms with Gasteiger partial charge < -0.3 is 5.32 Å². The lowest BCUT2D eigenvalue weighted by molar-refractivity contribution is -0.132. The molecule has 1 fully saturated rings. The third-order valence-electron chi connectivity index (χ3n) is 4.02. The number of amides is 2. The summed E-state index contributed by atoms with van der Waals surface area (Å²) in [4.78, 5) is 26.8. The Morgan fingerprint density at radius 1 is 1.41 bits per heavy atom. The van der Waals surface area contributed by atoms with Gasteiger partial charge in [-0.1, -0.05) is 47.7 Å². The Morgan fingerprint density at radius 3 is 2.67 bits per heavy atom. The van der Waals surface area contributed by atoms with Gasteiger partial charge in [-0.2, -0.15) is 0 Å². The predicted octanol–water partition coefficient (Wildman–Crippen LogP) is 2.36. The van der Waals surface area contributed by atoms with Gasteiger partial charge in [0.05, 0.1) is 16.7 Å². The van der Waals surface area contributed by atoms with Crippen LogP contribution in [0, 0.1) is 0 Å². The van der Waals surface area contributed by atoms with E-state index in [1.165, 1.54) is 11.0 Å². The van der Waals surface area contributed by atoms with Gasteiger partial charge in [0.2, 0.25) is 5.91 Å². The number of sulfone groups is 1. The van der Waals surface area contributed by atoms with Crippen molar-refractivity contribution in [2.75, 3.05) is 5.75 Å². The van der Waals surface area contributed by atoms with Crippen molar-refractivity contribution in [3.8, 4) is 0 Å². The summed E-state index contributed by atoms with van der Waals surface area (Å²) in [6.45, 7) is 1.55. The molecule has 2 amide bonds. The molecular weight excluding hydrogens is 428 g/mol. The van der Waals surface area contributed by atoms with Gasteiger partial charge in [0.15, 0.2) is 9.84 Å². The normalized spacial score (nSPS) is 23.9. The third kappa shape index (κ3) is 4.60. The molecule has 3 rings (SSSR count). The van der Waals surface area contributed by atoms with Crippen LogP contribution in [0.2, 0.25) is 5.02 Å². The number of hydrogen-bond acceptors (Lipinski definition) is 6. The molecule has 1 saturated heterocycles. The van der Waals surface area contributed by atoms with E-state index in [1.54, 1.807) is 37.3 Å². The number of thioether (sulfide) groups is 1. The van der Waals surface area contributed by atoms with Crippen molar-refractivity contribution in [2.24, 2.45) is 0 Å². The molecule has 10 heteroatoms. The number of nitrogens with one attached hydrogen (secondary N) is 1. The summed E-state index contributed by atoms with van der Waals surface area (Å²) >= 11 is 12.2. The van der Waals surface area contributed by atoms with Crippen LogP contribution in [0.3, 0.4) is 0 Å². The molecule has 1 N–H and O–H groups in total. The zero-order valence-electron chi connectivity index (χ0n) is 14.1. The highest BCUT2D eigenvalue weighted by molar-refractivity contribution is 8.26. The molecular formula is C17H15ClN2O4S3. The maximum absolute atomic E-state index is 12.7. The van der Waals surface area contributed by atoms with Crippen LogP contribution in [0.15, 0.2) is 40.7 Å². The van der Waals surface area contributed by atoms with E-state index in [0.717, 1.165) is 22.7 Å². The summed E-state index contributed by atoms with van der Waals surface area (Å²) < 4.78 is 23.2. The minimum Gasteiger partial charge on any atom is -0.347 e. The molecule has 2 aliphatic heterocycles. The van der Waals surface area contributed by atoms with Crippen LogP contribution < -0.4 is 5.32 Å². The second-order valence-corrected chi connectivity index (χ2v) is 10.1. The topological polar surface area (TPSA) is 83.6 Å². The van der Waals surface area contributed by atoms with Gasteiger partial charge in [-0.05, 0) is 36.8 Å². The molecule has 0 bridgehead atoms. The number of nitrogens with zero attached hydrogens (tertiary/aromatic N) is 1. The summed E-state index contributed by atoms with van der Waals surface area (Å²) in [6.07, 6.45) is 3.11. The third-order valence-corrected chi connectivity index (χ3v) is 6.99.